The molecule has 0 unspecified atom stereocenters. The largest absolute Gasteiger partial charge is 1.00 e. The molecule has 0 bridgehead atoms. The summed E-state index contributed by atoms with van der Waals surface area (Å²) in [7, 11) is -4.29. The SMILES string of the molecule is CCCCCCCCCCCCCCCCCCc1ccc(S(=O)(=O)O)cc1[O-].[Na+]. The first-order valence-electron chi connectivity index (χ1n) is 11.7. The molecule has 0 atom stereocenters. The van der Waals surface area contributed by atoms with Crippen LogP contribution in [0.4, 0.5) is 0 Å². The first-order chi connectivity index (χ1) is 13.9. The van der Waals surface area contributed by atoms with Crippen molar-refractivity contribution >= 4 is 10.1 Å². The first-order valence-corrected chi connectivity index (χ1v) is 13.2. The summed E-state index contributed by atoms with van der Waals surface area (Å²) in [5.74, 6) is -0.305. The van der Waals surface area contributed by atoms with E-state index in [1.165, 1.54) is 102 Å². The van der Waals surface area contributed by atoms with Gasteiger partial charge in [-0.05, 0) is 25.0 Å². The van der Waals surface area contributed by atoms with E-state index in [1.807, 2.05) is 0 Å². The van der Waals surface area contributed by atoms with Gasteiger partial charge in [0.15, 0.2) is 0 Å². The number of hydrogen-bond donors (Lipinski definition) is 1. The molecule has 6 heteroatoms. The van der Waals surface area contributed by atoms with Crippen LogP contribution in [0, 0.1) is 0 Å². The summed E-state index contributed by atoms with van der Waals surface area (Å²) in [6.45, 7) is 2.26. The maximum atomic E-state index is 11.9. The molecule has 0 fully saturated rings. The summed E-state index contributed by atoms with van der Waals surface area (Å²) in [4.78, 5) is -0.321. The van der Waals surface area contributed by atoms with Gasteiger partial charge in [0.1, 0.15) is 0 Å². The Morgan fingerprint density at radius 1 is 0.733 bits per heavy atom. The van der Waals surface area contributed by atoms with Crippen molar-refractivity contribution in [1.82, 2.24) is 0 Å². The average Bonchev–Trinajstić information content (AvgIpc) is 2.68. The van der Waals surface area contributed by atoms with Crippen molar-refractivity contribution in [2.75, 3.05) is 0 Å². The predicted molar refractivity (Wildman–Crippen MR) is 119 cm³/mol. The Morgan fingerprint density at radius 3 is 1.50 bits per heavy atom. The fraction of sp³-hybridized carbons (Fsp3) is 0.750. The van der Waals surface area contributed by atoms with Crippen molar-refractivity contribution in [3.63, 3.8) is 0 Å². The Kier molecular flexibility index (Phi) is 18.5. The van der Waals surface area contributed by atoms with E-state index in [-0.39, 0.29) is 40.2 Å². The second-order valence-electron chi connectivity index (χ2n) is 8.30. The van der Waals surface area contributed by atoms with E-state index in [0.29, 0.717) is 12.0 Å². The molecule has 168 valence electrons. The summed E-state index contributed by atoms with van der Waals surface area (Å²) in [5, 5.41) is 11.9. The van der Waals surface area contributed by atoms with Gasteiger partial charge < -0.3 is 5.11 Å². The van der Waals surface area contributed by atoms with Crippen molar-refractivity contribution in [2.24, 2.45) is 0 Å². The minimum absolute atomic E-state index is 0. The molecule has 1 aromatic carbocycles. The van der Waals surface area contributed by atoms with Crippen LogP contribution in [0.2, 0.25) is 0 Å². The van der Waals surface area contributed by atoms with Crippen molar-refractivity contribution in [1.29, 1.82) is 0 Å². The summed E-state index contributed by atoms with van der Waals surface area (Å²) in [6.07, 6.45) is 21.7. The normalized spacial score (nSPS) is 11.4. The molecule has 0 heterocycles. The molecule has 0 saturated carbocycles. The van der Waals surface area contributed by atoms with Crippen LogP contribution >= 0.6 is 0 Å². The molecule has 0 aromatic heterocycles. The van der Waals surface area contributed by atoms with Gasteiger partial charge in [-0.2, -0.15) is 8.42 Å². The maximum absolute atomic E-state index is 11.9. The van der Waals surface area contributed by atoms with Crippen LogP contribution in [0.1, 0.15) is 115 Å². The van der Waals surface area contributed by atoms with Gasteiger partial charge in [-0.25, -0.2) is 0 Å². The zero-order valence-corrected chi connectivity index (χ0v) is 22.1. The number of aryl methyl sites for hydroxylation is 1. The van der Waals surface area contributed by atoms with Crippen LogP contribution in [-0.2, 0) is 16.5 Å². The molecule has 0 aliphatic rings. The quantitative estimate of drug-likeness (QED) is 0.210. The van der Waals surface area contributed by atoms with E-state index >= 15 is 0 Å². The van der Waals surface area contributed by atoms with E-state index in [9.17, 15) is 13.5 Å². The number of unbranched alkanes of at least 4 members (excludes halogenated alkanes) is 15. The molecule has 0 aliphatic heterocycles. The third kappa shape index (κ3) is 14.9. The molecule has 30 heavy (non-hydrogen) atoms. The van der Waals surface area contributed by atoms with Gasteiger partial charge in [-0.3, -0.25) is 4.55 Å². The number of rotatable bonds is 18. The monoisotopic (exact) mass is 448 g/mol. The third-order valence-electron chi connectivity index (χ3n) is 5.64. The van der Waals surface area contributed by atoms with E-state index in [2.05, 4.69) is 6.92 Å². The van der Waals surface area contributed by atoms with Gasteiger partial charge in [-0.1, -0.05) is 115 Å². The smallest absolute Gasteiger partial charge is 0.872 e. The van der Waals surface area contributed by atoms with Gasteiger partial charge in [0.25, 0.3) is 10.1 Å². The van der Waals surface area contributed by atoms with Crippen LogP contribution in [0.5, 0.6) is 5.75 Å². The van der Waals surface area contributed by atoms with Crippen LogP contribution in [0.15, 0.2) is 23.1 Å². The third-order valence-corrected chi connectivity index (χ3v) is 6.49. The molecule has 1 N–H and O–H groups in total. The van der Waals surface area contributed by atoms with Crippen molar-refractivity contribution in [2.45, 2.75) is 121 Å². The molecular formula is C24H41NaO4S. The van der Waals surface area contributed by atoms with Gasteiger partial charge in [0.05, 0.1) is 4.90 Å². The molecule has 0 saturated heterocycles. The molecule has 1 aromatic rings. The number of benzene rings is 1. The topological polar surface area (TPSA) is 77.4 Å². The molecule has 0 radical (unpaired) electrons. The van der Waals surface area contributed by atoms with E-state index < -0.39 is 10.1 Å². The van der Waals surface area contributed by atoms with Crippen molar-refractivity contribution < 1.29 is 47.6 Å². The first kappa shape index (κ1) is 29.9. The van der Waals surface area contributed by atoms with Crippen LogP contribution < -0.4 is 34.7 Å². The van der Waals surface area contributed by atoms with Crippen LogP contribution in [-0.4, -0.2) is 13.0 Å². The zero-order valence-electron chi connectivity index (χ0n) is 19.3. The molecule has 0 aliphatic carbocycles. The van der Waals surface area contributed by atoms with Gasteiger partial charge in [0.2, 0.25) is 0 Å². The molecule has 0 amide bonds. The Hall–Kier alpha value is -0.0700. The Labute approximate surface area is 207 Å². The number of hydrogen-bond acceptors (Lipinski definition) is 3. The van der Waals surface area contributed by atoms with Gasteiger partial charge in [0, 0.05) is 0 Å². The van der Waals surface area contributed by atoms with Crippen LogP contribution in [0.25, 0.3) is 0 Å². The van der Waals surface area contributed by atoms with E-state index in [0.717, 1.165) is 18.9 Å². The molecule has 4 nitrogen and oxygen atoms in total. The average molecular weight is 449 g/mol. The minimum atomic E-state index is -4.29. The van der Waals surface area contributed by atoms with E-state index in [4.69, 9.17) is 4.55 Å². The Bertz CT molecular complexity index is 647. The standard InChI is InChI=1S/C24H42O4S.Na/c1-2-3-4-5-6-7-8-9-10-11-12-13-14-15-16-17-18-22-19-20-23(21-24(22)25)29(26,27)28;/h19-21,25H,2-18H2,1H3,(H,26,27,28);/q;+1/p-1. The van der Waals surface area contributed by atoms with E-state index in [1.54, 1.807) is 0 Å². The zero-order chi connectivity index (χ0) is 21.4. The molecule has 1 rings (SSSR count). The summed E-state index contributed by atoms with van der Waals surface area (Å²) in [6, 6.07) is 3.84. The molecule has 0 spiro atoms. The Morgan fingerprint density at radius 2 is 1.13 bits per heavy atom. The summed E-state index contributed by atoms with van der Waals surface area (Å²) >= 11 is 0. The second-order valence-corrected chi connectivity index (χ2v) is 9.72. The van der Waals surface area contributed by atoms with Crippen molar-refractivity contribution in [3.8, 4) is 5.75 Å². The van der Waals surface area contributed by atoms with Crippen LogP contribution in [0.3, 0.4) is 0 Å². The summed E-state index contributed by atoms with van der Waals surface area (Å²) in [5.41, 5.74) is 0.628. The Balaban J connectivity index is 0.00000841. The fourth-order valence-electron chi connectivity index (χ4n) is 3.77. The fourth-order valence-corrected chi connectivity index (χ4v) is 4.26. The predicted octanol–water partition coefficient (Wildman–Crippen LogP) is 3.81. The summed E-state index contributed by atoms with van der Waals surface area (Å²) < 4.78 is 31.0. The molecular weight excluding hydrogens is 407 g/mol. The van der Waals surface area contributed by atoms with Crippen molar-refractivity contribution in [3.05, 3.63) is 23.8 Å². The maximum Gasteiger partial charge on any atom is 1.00 e. The second kappa shape index (κ2) is 18.5. The van der Waals surface area contributed by atoms with Gasteiger partial charge in [-0.15, -0.1) is 5.75 Å². The van der Waals surface area contributed by atoms with Gasteiger partial charge >= 0.3 is 29.6 Å². The minimum Gasteiger partial charge on any atom is -0.872 e.